The van der Waals surface area contributed by atoms with Crippen molar-refractivity contribution in [1.29, 1.82) is 0 Å². The molecule has 2 fully saturated rings. The number of aliphatic hydroxyl groups excluding tert-OH is 6. The van der Waals surface area contributed by atoms with Gasteiger partial charge in [-0.3, -0.25) is 14.4 Å². The summed E-state index contributed by atoms with van der Waals surface area (Å²) in [7, 11) is 0. The fraction of sp³-hybridized carbons (Fsp3) is 0.941. The highest BCUT2D eigenvalue weighted by atomic mass is 16.7. The van der Waals surface area contributed by atoms with Gasteiger partial charge in [-0.05, 0) is 24.7 Å². The largest absolute Gasteiger partial charge is 0.463 e. The fourth-order valence-corrected chi connectivity index (χ4v) is 8.45. The molecule has 394 valence electrons. The minimum atomic E-state index is -1.86. The molecule has 0 bridgehead atoms. The molecule has 0 aromatic carbocycles. The number of rotatable bonds is 39. The second-order valence-corrected chi connectivity index (χ2v) is 19.4. The van der Waals surface area contributed by atoms with Gasteiger partial charge in [-0.15, -0.1) is 0 Å². The summed E-state index contributed by atoms with van der Waals surface area (Å²) in [4.78, 5) is 37.3. The lowest BCUT2D eigenvalue weighted by Crippen LogP contribution is -2.65. The van der Waals surface area contributed by atoms with Crippen molar-refractivity contribution in [2.24, 2.45) is 11.8 Å². The van der Waals surface area contributed by atoms with Crippen molar-refractivity contribution in [3.63, 3.8) is 0 Å². The SMILES string of the molecule is CCC(C)CCCCCCCCCCCCC(=O)OCC(CO[C@H]1O[C@H](CO)[C@@H](O)[C@H](O[C@H]2O[C@H](COC(C)=O)[C@@H](O)[C@H](O)[C@H]2O)[C@@H]1O)OC(=O)CCCCCCCCCCCCC(C)CC. The average Bonchev–Trinajstić information content (AvgIpc) is 3.31. The molecular formula is C51H94O16. The van der Waals surface area contributed by atoms with Crippen molar-refractivity contribution >= 4 is 17.9 Å². The number of aliphatic hydroxyl groups is 6. The Morgan fingerprint density at radius 3 is 1.46 bits per heavy atom. The Labute approximate surface area is 402 Å². The molecule has 0 spiro atoms. The van der Waals surface area contributed by atoms with Crippen LogP contribution < -0.4 is 0 Å². The second-order valence-electron chi connectivity index (χ2n) is 19.4. The third-order valence-corrected chi connectivity index (χ3v) is 13.5. The fourth-order valence-electron chi connectivity index (χ4n) is 8.45. The third kappa shape index (κ3) is 26.2. The quantitative estimate of drug-likeness (QED) is 0.0205. The van der Waals surface area contributed by atoms with Crippen molar-refractivity contribution in [3.8, 4) is 0 Å². The number of unbranched alkanes of at least 4 members (excludes halogenated alkanes) is 18. The summed E-state index contributed by atoms with van der Waals surface area (Å²) in [5.41, 5.74) is 0. The smallest absolute Gasteiger partial charge is 0.306 e. The van der Waals surface area contributed by atoms with E-state index >= 15 is 0 Å². The van der Waals surface area contributed by atoms with Gasteiger partial charge in [0.1, 0.15) is 62.0 Å². The van der Waals surface area contributed by atoms with E-state index in [0.29, 0.717) is 12.8 Å². The Morgan fingerprint density at radius 1 is 0.522 bits per heavy atom. The van der Waals surface area contributed by atoms with Gasteiger partial charge >= 0.3 is 17.9 Å². The molecule has 16 heteroatoms. The van der Waals surface area contributed by atoms with Gasteiger partial charge < -0.3 is 63.8 Å². The topological polar surface area (TPSA) is 237 Å². The van der Waals surface area contributed by atoms with Gasteiger partial charge in [0.2, 0.25) is 0 Å². The summed E-state index contributed by atoms with van der Waals surface area (Å²) in [5, 5.41) is 63.9. The molecule has 0 aliphatic carbocycles. The van der Waals surface area contributed by atoms with Crippen LogP contribution in [0.4, 0.5) is 0 Å². The van der Waals surface area contributed by atoms with Gasteiger partial charge in [0.25, 0.3) is 0 Å². The first-order chi connectivity index (χ1) is 32.2. The summed E-state index contributed by atoms with van der Waals surface area (Å²) >= 11 is 0. The zero-order valence-electron chi connectivity index (χ0n) is 42.0. The van der Waals surface area contributed by atoms with Crippen LogP contribution >= 0.6 is 0 Å². The zero-order valence-corrected chi connectivity index (χ0v) is 42.0. The summed E-state index contributed by atoms with van der Waals surface area (Å²) in [6, 6.07) is 0. The van der Waals surface area contributed by atoms with Gasteiger partial charge in [0.05, 0.1) is 13.2 Å². The molecule has 16 nitrogen and oxygen atoms in total. The summed E-state index contributed by atoms with van der Waals surface area (Å²) in [5.74, 6) is -0.00685. The van der Waals surface area contributed by atoms with E-state index in [1.165, 1.54) is 103 Å². The highest BCUT2D eigenvalue weighted by Gasteiger charge is 2.51. The molecule has 0 aromatic rings. The normalized spacial score (nSPS) is 26.7. The van der Waals surface area contributed by atoms with Crippen LogP contribution in [0.5, 0.6) is 0 Å². The van der Waals surface area contributed by atoms with Crippen molar-refractivity contribution in [2.75, 3.05) is 26.4 Å². The molecule has 2 saturated heterocycles. The predicted molar refractivity (Wildman–Crippen MR) is 252 cm³/mol. The number of esters is 3. The lowest BCUT2D eigenvalue weighted by Gasteiger charge is -2.46. The highest BCUT2D eigenvalue weighted by molar-refractivity contribution is 5.70. The van der Waals surface area contributed by atoms with Crippen molar-refractivity contribution in [1.82, 2.24) is 0 Å². The molecular weight excluding hydrogens is 869 g/mol. The Balaban J connectivity index is 1.91. The summed E-state index contributed by atoms with van der Waals surface area (Å²) in [6.07, 6.45) is 10.4. The van der Waals surface area contributed by atoms with Crippen LogP contribution in [0.3, 0.4) is 0 Å². The molecule has 0 radical (unpaired) electrons. The maximum Gasteiger partial charge on any atom is 0.306 e. The van der Waals surface area contributed by atoms with Crippen LogP contribution in [0.2, 0.25) is 0 Å². The first-order valence-electron chi connectivity index (χ1n) is 26.3. The van der Waals surface area contributed by atoms with Gasteiger partial charge in [-0.1, -0.05) is 169 Å². The predicted octanol–water partition coefficient (Wildman–Crippen LogP) is 7.11. The van der Waals surface area contributed by atoms with E-state index in [0.717, 1.165) is 57.3 Å². The standard InChI is InChI=1S/C51H94O16/c1-6-36(3)28-24-20-16-12-8-10-14-18-22-26-30-42(54)62-33-39(64-43(55)31-27-23-19-15-11-9-13-17-21-25-29-37(4)7-2)34-63-50-48(60)49(45(57)40(32-52)65-50)67-51-47(59)46(58)44(56)41(66-51)35-61-38(5)53/h36-37,39-41,44-52,56-60H,6-35H2,1-5H3/t36?,37?,39?,40-,41-,44-,45-,46+,47-,48+,49+,50+,51-/m1/s1. The van der Waals surface area contributed by atoms with E-state index in [2.05, 4.69) is 27.7 Å². The minimum absolute atomic E-state index is 0.152. The van der Waals surface area contributed by atoms with E-state index < -0.39 is 105 Å². The van der Waals surface area contributed by atoms with Crippen LogP contribution in [0.25, 0.3) is 0 Å². The molecule has 0 amide bonds. The maximum absolute atomic E-state index is 13.1. The maximum atomic E-state index is 13.1. The van der Waals surface area contributed by atoms with E-state index in [1.54, 1.807) is 0 Å². The lowest BCUT2D eigenvalue weighted by molar-refractivity contribution is -0.361. The van der Waals surface area contributed by atoms with E-state index in [1.807, 2.05) is 0 Å². The Hall–Kier alpha value is -1.99. The molecule has 6 N–H and O–H groups in total. The zero-order chi connectivity index (χ0) is 49.4. The molecule has 0 aromatic heterocycles. The molecule has 13 atom stereocenters. The first-order valence-corrected chi connectivity index (χ1v) is 26.3. The van der Waals surface area contributed by atoms with Crippen LogP contribution in [0.1, 0.15) is 202 Å². The molecule has 2 aliphatic rings. The van der Waals surface area contributed by atoms with Crippen LogP contribution in [-0.2, 0) is 47.5 Å². The Bertz CT molecular complexity index is 1270. The molecule has 67 heavy (non-hydrogen) atoms. The van der Waals surface area contributed by atoms with E-state index in [-0.39, 0.29) is 19.4 Å². The van der Waals surface area contributed by atoms with Crippen LogP contribution in [0.15, 0.2) is 0 Å². The molecule has 2 heterocycles. The monoisotopic (exact) mass is 963 g/mol. The molecule has 3 unspecified atom stereocenters. The number of ether oxygens (including phenoxy) is 7. The Kier molecular flexibility index (Phi) is 33.7. The summed E-state index contributed by atoms with van der Waals surface area (Å²) in [6.45, 7) is 8.31. The minimum Gasteiger partial charge on any atom is -0.463 e. The average molecular weight is 963 g/mol. The number of hydrogen-bond donors (Lipinski definition) is 6. The highest BCUT2D eigenvalue weighted by Crippen LogP contribution is 2.30. The third-order valence-electron chi connectivity index (χ3n) is 13.5. The lowest BCUT2D eigenvalue weighted by atomic mass is 9.97. The molecule has 2 aliphatic heterocycles. The van der Waals surface area contributed by atoms with E-state index in [9.17, 15) is 45.0 Å². The van der Waals surface area contributed by atoms with Crippen LogP contribution in [-0.4, -0.2) is 142 Å². The first kappa shape index (κ1) is 61.1. The second kappa shape index (κ2) is 36.9. The van der Waals surface area contributed by atoms with Gasteiger partial charge in [-0.2, -0.15) is 0 Å². The van der Waals surface area contributed by atoms with Crippen molar-refractivity contribution in [2.45, 2.75) is 269 Å². The number of hydrogen-bond acceptors (Lipinski definition) is 16. The molecule has 0 saturated carbocycles. The van der Waals surface area contributed by atoms with Gasteiger partial charge in [0.15, 0.2) is 18.7 Å². The molecule has 2 rings (SSSR count). The summed E-state index contributed by atoms with van der Waals surface area (Å²) < 4.78 is 39.0. The van der Waals surface area contributed by atoms with Crippen molar-refractivity contribution < 1.29 is 78.2 Å². The Morgan fingerprint density at radius 2 is 0.985 bits per heavy atom. The van der Waals surface area contributed by atoms with Gasteiger partial charge in [0, 0.05) is 19.8 Å². The van der Waals surface area contributed by atoms with Crippen LogP contribution in [0, 0.1) is 11.8 Å². The van der Waals surface area contributed by atoms with Crippen molar-refractivity contribution in [3.05, 3.63) is 0 Å². The number of carbonyl (C=O) groups excluding carboxylic acids is 3. The van der Waals surface area contributed by atoms with Gasteiger partial charge in [-0.25, -0.2) is 0 Å². The number of carbonyl (C=O) groups is 3. The van der Waals surface area contributed by atoms with E-state index in [4.69, 9.17) is 33.2 Å².